The normalized spacial score (nSPS) is 11.3. The first-order valence-electron chi connectivity index (χ1n) is 12.6. The molecular formula is C34H26N2O2P+. The van der Waals surface area contributed by atoms with Crippen LogP contribution in [0.2, 0.25) is 0 Å². The van der Waals surface area contributed by atoms with Crippen LogP contribution in [0.3, 0.4) is 0 Å². The van der Waals surface area contributed by atoms with E-state index in [1.54, 1.807) is 12.1 Å². The molecule has 0 radical (unpaired) electrons. The number of nitro benzene ring substituents is 1. The van der Waals surface area contributed by atoms with Crippen molar-refractivity contribution in [1.82, 2.24) is 0 Å². The van der Waals surface area contributed by atoms with Gasteiger partial charge in [0, 0.05) is 6.07 Å². The van der Waals surface area contributed by atoms with Gasteiger partial charge in [-0.25, -0.2) is 0 Å². The number of benzene rings is 5. The molecule has 0 amide bonds. The van der Waals surface area contributed by atoms with Gasteiger partial charge in [-0.2, -0.15) is 5.26 Å². The molecule has 5 aromatic carbocycles. The van der Waals surface area contributed by atoms with Crippen molar-refractivity contribution in [3.63, 3.8) is 0 Å². The summed E-state index contributed by atoms with van der Waals surface area (Å²) in [7, 11) is -2.08. The van der Waals surface area contributed by atoms with Gasteiger partial charge >= 0.3 is 0 Å². The lowest BCUT2D eigenvalue weighted by molar-refractivity contribution is -0.385. The molecule has 0 spiro atoms. The molecule has 0 atom stereocenters. The highest BCUT2D eigenvalue weighted by Gasteiger charge is 2.45. The first kappa shape index (κ1) is 25.8. The zero-order chi connectivity index (χ0) is 27.1. The topological polar surface area (TPSA) is 66.9 Å². The minimum absolute atomic E-state index is 0.0533. The Morgan fingerprint density at radius 2 is 1.21 bits per heavy atom. The van der Waals surface area contributed by atoms with E-state index in [0.717, 1.165) is 17.3 Å². The summed E-state index contributed by atoms with van der Waals surface area (Å²) in [6.45, 7) is 0. The van der Waals surface area contributed by atoms with Gasteiger partial charge in [0.25, 0.3) is 5.69 Å². The summed E-state index contributed by atoms with van der Waals surface area (Å²) in [5.74, 6) is 0. The molecule has 0 aliphatic heterocycles. The molecule has 0 bridgehead atoms. The molecule has 0 unspecified atom stereocenters. The van der Waals surface area contributed by atoms with Gasteiger partial charge in [-0.15, -0.1) is 0 Å². The molecular weight excluding hydrogens is 499 g/mol. The van der Waals surface area contributed by atoms with E-state index in [1.807, 2.05) is 24.3 Å². The predicted octanol–water partition coefficient (Wildman–Crippen LogP) is 7.13. The fourth-order valence-corrected chi connectivity index (χ4v) is 9.24. The summed E-state index contributed by atoms with van der Waals surface area (Å²) < 4.78 is 0. The highest BCUT2D eigenvalue weighted by Crippen LogP contribution is 2.58. The average Bonchev–Trinajstić information content (AvgIpc) is 3.00. The van der Waals surface area contributed by atoms with Crippen molar-refractivity contribution >= 4 is 41.0 Å². The van der Waals surface area contributed by atoms with E-state index in [0.29, 0.717) is 0 Å². The number of rotatable bonds is 8. The molecule has 0 aromatic heterocycles. The molecule has 188 valence electrons. The Bertz CT molecular complexity index is 1560. The summed E-state index contributed by atoms with van der Waals surface area (Å²) >= 11 is 0. The Balaban J connectivity index is 1.63. The zero-order valence-electron chi connectivity index (χ0n) is 21.2. The van der Waals surface area contributed by atoms with Crippen LogP contribution in [0, 0.1) is 21.4 Å². The second kappa shape index (κ2) is 11.7. The quantitative estimate of drug-likeness (QED) is 0.0937. The van der Waals surface area contributed by atoms with Gasteiger partial charge in [-0.3, -0.25) is 10.1 Å². The smallest absolute Gasteiger partial charge is 0.258 e. The fraction of sp³-hybridized carbons (Fsp3) is 0.0294. The minimum Gasteiger partial charge on any atom is -0.258 e. The molecule has 0 saturated heterocycles. The first-order valence-corrected chi connectivity index (χ1v) is 14.6. The van der Waals surface area contributed by atoms with E-state index in [2.05, 4.69) is 109 Å². The van der Waals surface area contributed by atoms with Crippen LogP contribution in [0.4, 0.5) is 5.69 Å². The number of nitrogens with zero attached hydrogens (tertiary/aromatic N) is 2. The third kappa shape index (κ3) is 5.41. The van der Waals surface area contributed by atoms with Gasteiger partial charge in [0.2, 0.25) is 0 Å². The largest absolute Gasteiger partial charge is 0.287 e. The van der Waals surface area contributed by atoms with Crippen molar-refractivity contribution in [2.75, 3.05) is 0 Å². The van der Waals surface area contributed by atoms with Crippen molar-refractivity contribution < 1.29 is 4.92 Å². The second-order valence-corrected chi connectivity index (χ2v) is 12.6. The van der Waals surface area contributed by atoms with E-state index >= 15 is 0 Å². The van der Waals surface area contributed by atoms with Crippen molar-refractivity contribution in [3.05, 3.63) is 166 Å². The van der Waals surface area contributed by atoms with Crippen LogP contribution in [0.5, 0.6) is 0 Å². The maximum absolute atomic E-state index is 11.2. The molecule has 39 heavy (non-hydrogen) atoms. The Morgan fingerprint density at radius 1 is 0.692 bits per heavy atom. The maximum Gasteiger partial charge on any atom is 0.287 e. The molecule has 0 aliphatic rings. The van der Waals surface area contributed by atoms with Gasteiger partial charge in [0.05, 0.1) is 11.1 Å². The third-order valence-electron chi connectivity index (χ3n) is 6.85. The van der Waals surface area contributed by atoms with Crippen LogP contribution in [0.15, 0.2) is 133 Å². The molecule has 0 aliphatic carbocycles. The van der Waals surface area contributed by atoms with E-state index < -0.39 is 12.2 Å². The molecule has 5 rings (SSSR count). The first-order chi connectivity index (χ1) is 19.1. The lowest BCUT2D eigenvalue weighted by Gasteiger charge is -2.28. The molecule has 5 aromatic rings. The minimum atomic E-state index is -2.08. The van der Waals surface area contributed by atoms with Crippen LogP contribution >= 0.6 is 7.26 Å². The SMILES string of the molecule is N#Cc1cc(C=Cc2ccccc2C[P+](c2ccccc2)(c2ccccc2)c2ccccc2)ccc1[N+](=O)[O-]. The van der Waals surface area contributed by atoms with Gasteiger partial charge < -0.3 is 0 Å². The van der Waals surface area contributed by atoms with Crippen molar-refractivity contribution in [2.45, 2.75) is 6.16 Å². The number of nitro groups is 1. The van der Waals surface area contributed by atoms with Gasteiger partial charge in [0.1, 0.15) is 34.8 Å². The maximum atomic E-state index is 11.2. The van der Waals surface area contributed by atoms with E-state index in [1.165, 1.54) is 27.5 Å². The lowest BCUT2D eigenvalue weighted by Crippen LogP contribution is -2.32. The van der Waals surface area contributed by atoms with Crippen molar-refractivity contribution in [2.24, 2.45) is 0 Å². The number of nitriles is 1. The standard InChI is InChI=1S/C34H26N2O2P/c35-25-30-24-27(21-23-34(30)36(37)38)20-22-28-12-10-11-13-29(28)26-39(31-14-4-1-5-15-31,32-16-6-2-7-17-32)33-18-8-3-9-19-33/h1-24H,26H2/q+1. The molecule has 0 saturated carbocycles. The predicted molar refractivity (Wildman–Crippen MR) is 162 cm³/mol. The monoisotopic (exact) mass is 525 g/mol. The molecule has 4 nitrogen and oxygen atoms in total. The van der Waals surface area contributed by atoms with Crippen LogP contribution in [0.1, 0.15) is 22.3 Å². The second-order valence-electron chi connectivity index (χ2n) is 9.15. The Labute approximate surface area is 229 Å². The van der Waals surface area contributed by atoms with Gasteiger partial charge in [-0.1, -0.05) is 91.0 Å². The van der Waals surface area contributed by atoms with Crippen LogP contribution < -0.4 is 15.9 Å². The third-order valence-corrected chi connectivity index (χ3v) is 11.2. The fourth-order valence-electron chi connectivity index (χ4n) is 4.96. The van der Waals surface area contributed by atoms with E-state index in [-0.39, 0.29) is 11.3 Å². The Kier molecular flexibility index (Phi) is 7.73. The van der Waals surface area contributed by atoms with E-state index in [9.17, 15) is 15.4 Å². The summed E-state index contributed by atoms with van der Waals surface area (Å²) in [5, 5.41) is 24.6. The van der Waals surface area contributed by atoms with Crippen molar-refractivity contribution in [3.8, 4) is 6.07 Å². The average molecular weight is 526 g/mol. The summed E-state index contributed by atoms with van der Waals surface area (Å²) in [6.07, 6.45) is 4.78. The van der Waals surface area contributed by atoms with Crippen molar-refractivity contribution in [1.29, 1.82) is 5.26 Å². The lowest BCUT2D eigenvalue weighted by atomic mass is 10.1. The highest BCUT2D eigenvalue weighted by molar-refractivity contribution is 7.95. The summed E-state index contributed by atoms with van der Waals surface area (Å²) in [4.78, 5) is 10.7. The zero-order valence-corrected chi connectivity index (χ0v) is 22.1. The highest BCUT2D eigenvalue weighted by atomic mass is 31.2. The number of hydrogen-bond donors (Lipinski definition) is 0. The van der Waals surface area contributed by atoms with Gasteiger partial charge in [0.15, 0.2) is 0 Å². The Hall–Kier alpha value is -4.84. The van der Waals surface area contributed by atoms with E-state index in [4.69, 9.17) is 0 Å². The summed E-state index contributed by atoms with van der Waals surface area (Å²) in [5.41, 5.74) is 2.89. The molecule has 0 heterocycles. The summed E-state index contributed by atoms with van der Waals surface area (Å²) in [6, 6.07) is 47.3. The van der Waals surface area contributed by atoms with Crippen LogP contribution in [-0.4, -0.2) is 4.92 Å². The Morgan fingerprint density at radius 3 is 1.72 bits per heavy atom. The van der Waals surface area contributed by atoms with Gasteiger partial charge in [-0.05, 0) is 65.2 Å². The molecule has 5 heteroatoms. The van der Waals surface area contributed by atoms with Crippen LogP contribution in [-0.2, 0) is 6.16 Å². The molecule has 0 N–H and O–H groups in total. The van der Waals surface area contributed by atoms with Crippen LogP contribution in [0.25, 0.3) is 12.2 Å². The molecule has 0 fully saturated rings. The number of hydrogen-bond acceptors (Lipinski definition) is 3.